The van der Waals surface area contributed by atoms with Crippen LogP contribution in [0, 0.1) is 0 Å². The molecule has 176 valence electrons. The van der Waals surface area contributed by atoms with Crippen LogP contribution in [0.1, 0.15) is 30.5 Å². The van der Waals surface area contributed by atoms with E-state index in [1.165, 1.54) is 19.3 Å². The molecule has 0 bridgehead atoms. The molecule has 0 aliphatic carbocycles. The number of anilines is 3. The van der Waals surface area contributed by atoms with Crippen molar-refractivity contribution in [2.75, 3.05) is 34.8 Å². The van der Waals surface area contributed by atoms with Gasteiger partial charge in [-0.2, -0.15) is 0 Å². The number of piperidine rings is 1. The lowest BCUT2D eigenvalue weighted by atomic mass is 10.1. The number of nitrogens with zero attached hydrogens (tertiary/aromatic N) is 4. The van der Waals surface area contributed by atoms with E-state index in [1.807, 2.05) is 24.3 Å². The minimum atomic E-state index is -3.25. The standard InChI is InChI=1S/C24H25N5O3S2/c30-33-12-8-19-22(33)24(26-18-6-4-16-9-13-34(31,32)20(16)14-18)28-23(27-19)17-5-7-21(25-15-17)29-10-2-1-3-11-29/h4-7,14-15H,1-3,8-13H2,(H,26,27,28)/t33-/m1/s1. The molecule has 0 unspecified atom stereocenters. The number of nitrogens with one attached hydrogen (secondary N) is 1. The fourth-order valence-electron chi connectivity index (χ4n) is 4.86. The molecule has 1 fully saturated rings. The van der Waals surface area contributed by atoms with Gasteiger partial charge in [0.05, 0.1) is 27.1 Å². The van der Waals surface area contributed by atoms with Crippen LogP contribution in [0.15, 0.2) is 46.3 Å². The van der Waals surface area contributed by atoms with E-state index in [0.717, 1.165) is 35.7 Å². The highest BCUT2D eigenvalue weighted by Crippen LogP contribution is 2.34. The Morgan fingerprint density at radius 2 is 1.85 bits per heavy atom. The molecule has 0 amide bonds. The lowest BCUT2D eigenvalue weighted by Gasteiger charge is -2.27. The second-order valence-corrected chi connectivity index (χ2v) is 12.5. The van der Waals surface area contributed by atoms with E-state index in [0.29, 0.717) is 45.7 Å². The van der Waals surface area contributed by atoms with Gasteiger partial charge in [0.1, 0.15) is 10.7 Å². The Balaban J connectivity index is 1.35. The van der Waals surface area contributed by atoms with Crippen molar-refractivity contribution < 1.29 is 12.6 Å². The number of hydrogen-bond donors (Lipinski definition) is 1. The molecular weight excluding hydrogens is 470 g/mol. The van der Waals surface area contributed by atoms with Crippen molar-refractivity contribution in [3.63, 3.8) is 0 Å². The molecule has 5 heterocycles. The topological polar surface area (TPSA) is 105 Å². The molecule has 0 saturated carbocycles. The molecule has 10 heteroatoms. The van der Waals surface area contributed by atoms with Gasteiger partial charge in [0.15, 0.2) is 21.5 Å². The van der Waals surface area contributed by atoms with Crippen molar-refractivity contribution in [3.05, 3.63) is 47.8 Å². The molecule has 34 heavy (non-hydrogen) atoms. The summed E-state index contributed by atoms with van der Waals surface area (Å²) >= 11 is 0. The van der Waals surface area contributed by atoms with E-state index >= 15 is 0 Å². The van der Waals surface area contributed by atoms with Gasteiger partial charge in [-0.05, 0) is 55.5 Å². The molecule has 1 N–H and O–H groups in total. The summed E-state index contributed by atoms with van der Waals surface area (Å²) in [6.07, 6.45) is 6.59. The van der Waals surface area contributed by atoms with Crippen LogP contribution in [0.4, 0.5) is 17.3 Å². The first-order valence-corrected chi connectivity index (χ1v) is 14.6. The van der Waals surface area contributed by atoms with Gasteiger partial charge >= 0.3 is 0 Å². The molecule has 3 aliphatic heterocycles. The van der Waals surface area contributed by atoms with E-state index in [2.05, 4.69) is 15.2 Å². The lowest BCUT2D eigenvalue weighted by molar-refractivity contribution is 0.573. The van der Waals surface area contributed by atoms with Gasteiger partial charge < -0.3 is 10.2 Å². The Hall–Kier alpha value is -2.85. The molecule has 0 radical (unpaired) electrons. The zero-order valence-corrected chi connectivity index (χ0v) is 20.3. The fourth-order valence-corrected chi connectivity index (χ4v) is 7.75. The number of rotatable bonds is 4. The van der Waals surface area contributed by atoms with Crippen molar-refractivity contribution in [1.29, 1.82) is 0 Å². The number of aryl methyl sites for hydroxylation is 2. The van der Waals surface area contributed by atoms with E-state index in [-0.39, 0.29) is 5.75 Å². The summed E-state index contributed by atoms with van der Waals surface area (Å²) < 4.78 is 37.4. The third-order valence-electron chi connectivity index (χ3n) is 6.68. The monoisotopic (exact) mass is 495 g/mol. The zero-order chi connectivity index (χ0) is 23.3. The van der Waals surface area contributed by atoms with Gasteiger partial charge in [-0.25, -0.2) is 23.4 Å². The minimum absolute atomic E-state index is 0.142. The molecule has 2 aromatic heterocycles. The maximum Gasteiger partial charge on any atom is 0.179 e. The molecule has 3 aliphatic rings. The maximum atomic E-state index is 12.7. The predicted octanol–water partition coefficient (Wildman–Crippen LogP) is 3.27. The highest BCUT2D eigenvalue weighted by atomic mass is 32.2. The average molecular weight is 496 g/mol. The molecule has 0 spiro atoms. The molecular formula is C24H25N5O3S2. The number of sulfone groups is 1. The van der Waals surface area contributed by atoms with Crippen LogP contribution in [0.25, 0.3) is 11.4 Å². The van der Waals surface area contributed by atoms with Crippen molar-refractivity contribution in [3.8, 4) is 11.4 Å². The van der Waals surface area contributed by atoms with E-state index < -0.39 is 20.6 Å². The van der Waals surface area contributed by atoms with Gasteiger partial charge in [0.25, 0.3) is 0 Å². The van der Waals surface area contributed by atoms with Crippen molar-refractivity contribution in [1.82, 2.24) is 15.0 Å². The zero-order valence-electron chi connectivity index (χ0n) is 18.7. The first-order valence-electron chi connectivity index (χ1n) is 11.6. The number of benzene rings is 1. The SMILES string of the molecule is O=[S@@]1CCc2nc(-c3ccc(N4CCCCC4)nc3)nc(Nc3ccc4c(c3)S(=O)(=O)CC4)c21. The predicted molar refractivity (Wildman–Crippen MR) is 132 cm³/mol. The number of pyridine rings is 1. The Morgan fingerprint density at radius 1 is 1.00 bits per heavy atom. The van der Waals surface area contributed by atoms with Crippen LogP contribution >= 0.6 is 0 Å². The van der Waals surface area contributed by atoms with Gasteiger partial charge in [0.2, 0.25) is 0 Å². The summed E-state index contributed by atoms with van der Waals surface area (Å²) in [6, 6.07) is 9.33. The van der Waals surface area contributed by atoms with Crippen LogP contribution in [0.3, 0.4) is 0 Å². The van der Waals surface area contributed by atoms with Gasteiger partial charge in [-0.1, -0.05) is 6.07 Å². The lowest BCUT2D eigenvalue weighted by Crippen LogP contribution is -2.29. The van der Waals surface area contributed by atoms with Crippen molar-refractivity contribution >= 4 is 38.0 Å². The molecule has 1 atom stereocenters. The number of fused-ring (bicyclic) bond motifs is 2. The minimum Gasteiger partial charge on any atom is -0.357 e. The third kappa shape index (κ3) is 3.88. The number of hydrogen-bond acceptors (Lipinski definition) is 8. The normalized spacial score (nSPS) is 20.7. The first-order chi connectivity index (χ1) is 16.5. The highest BCUT2D eigenvalue weighted by molar-refractivity contribution is 7.91. The summed E-state index contributed by atoms with van der Waals surface area (Å²) in [5, 5.41) is 3.24. The second-order valence-electron chi connectivity index (χ2n) is 8.94. The molecule has 1 saturated heterocycles. The number of aromatic nitrogens is 3. The summed E-state index contributed by atoms with van der Waals surface area (Å²) in [5.74, 6) is 2.59. The molecule has 6 rings (SSSR count). The van der Waals surface area contributed by atoms with Crippen LogP contribution in [-0.4, -0.2) is 52.2 Å². The summed E-state index contributed by atoms with van der Waals surface area (Å²) in [6.45, 7) is 2.05. The van der Waals surface area contributed by atoms with Gasteiger partial charge in [-0.3, -0.25) is 4.21 Å². The average Bonchev–Trinajstić information content (AvgIpc) is 3.39. The van der Waals surface area contributed by atoms with Crippen LogP contribution in [0.5, 0.6) is 0 Å². The maximum absolute atomic E-state index is 12.7. The smallest absolute Gasteiger partial charge is 0.179 e. The Kier molecular flexibility index (Phi) is 5.37. The van der Waals surface area contributed by atoms with Crippen molar-refractivity contribution in [2.24, 2.45) is 0 Å². The van der Waals surface area contributed by atoms with Crippen LogP contribution in [0.2, 0.25) is 0 Å². The molecule has 8 nitrogen and oxygen atoms in total. The highest BCUT2D eigenvalue weighted by Gasteiger charge is 2.29. The quantitative estimate of drug-likeness (QED) is 0.588. The van der Waals surface area contributed by atoms with Crippen LogP contribution < -0.4 is 10.2 Å². The molecule has 1 aromatic carbocycles. The Labute approximate surface area is 201 Å². The van der Waals surface area contributed by atoms with E-state index in [4.69, 9.17) is 9.97 Å². The van der Waals surface area contributed by atoms with Crippen molar-refractivity contribution in [2.45, 2.75) is 41.9 Å². The molecule has 3 aromatic rings. The van der Waals surface area contributed by atoms with E-state index in [1.54, 1.807) is 12.3 Å². The first kappa shape index (κ1) is 21.7. The second kappa shape index (κ2) is 8.42. The third-order valence-corrected chi connectivity index (χ3v) is 9.93. The van der Waals surface area contributed by atoms with Gasteiger partial charge in [0, 0.05) is 42.7 Å². The Bertz CT molecular complexity index is 1400. The van der Waals surface area contributed by atoms with E-state index in [9.17, 15) is 12.6 Å². The largest absolute Gasteiger partial charge is 0.357 e. The summed E-state index contributed by atoms with van der Waals surface area (Å²) in [4.78, 5) is 17.3. The summed E-state index contributed by atoms with van der Waals surface area (Å²) in [5.41, 5.74) is 3.00. The van der Waals surface area contributed by atoms with Crippen LogP contribution in [-0.2, 0) is 33.5 Å². The fraction of sp³-hybridized carbons (Fsp3) is 0.375. The Morgan fingerprint density at radius 3 is 2.65 bits per heavy atom. The summed E-state index contributed by atoms with van der Waals surface area (Å²) in [7, 11) is -4.45. The van der Waals surface area contributed by atoms with Gasteiger partial charge in [-0.15, -0.1) is 0 Å².